The van der Waals surface area contributed by atoms with E-state index in [2.05, 4.69) is 0 Å². The number of likely N-dealkylation sites (tertiary alicyclic amines) is 1. The predicted octanol–water partition coefficient (Wildman–Crippen LogP) is 2.82. The Morgan fingerprint density at radius 3 is 2.38 bits per heavy atom. The molecule has 1 saturated heterocycles. The van der Waals surface area contributed by atoms with E-state index in [0.29, 0.717) is 25.9 Å². The molecular formula is C17H29NO6. The van der Waals surface area contributed by atoms with E-state index < -0.39 is 18.1 Å². The quantitative estimate of drug-likeness (QED) is 0.745. The van der Waals surface area contributed by atoms with Crippen molar-refractivity contribution in [3.8, 4) is 0 Å². The number of carbonyl (C=O) groups is 3. The van der Waals surface area contributed by atoms with E-state index in [1.165, 1.54) is 0 Å². The van der Waals surface area contributed by atoms with Gasteiger partial charge in [-0.2, -0.15) is 0 Å². The molecule has 138 valence electrons. The third-order valence-electron chi connectivity index (χ3n) is 4.49. The van der Waals surface area contributed by atoms with Crippen LogP contribution in [0.5, 0.6) is 0 Å². The summed E-state index contributed by atoms with van der Waals surface area (Å²) in [6, 6.07) is -1.17. The fourth-order valence-electron chi connectivity index (χ4n) is 2.63. The summed E-state index contributed by atoms with van der Waals surface area (Å²) in [5, 5.41) is 9.47. The third kappa shape index (κ3) is 5.39. The van der Waals surface area contributed by atoms with Gasteiger partial charge in [0, 0.05) is 12.5 Å². The number of esters is 2. The molecule has 3 unspecified atom stereocenters. The first kappa shape index (κ1) is 20.3. The number of rotatable bonds is 6. The van der Waals surface area contributed by atoms with Crippen molar-refractivity contribution in [3.63, 3.8) is 0 Å². The molecule has 1 aliphatic heterocycles. The summed E-state index contributed by atoms with van der Waals surface area (Å²) in [6.07, 6.45) is -0.0391. The molecule has 24 heavy (non-hydrogen) atoms. The molecule has 0 saturated carbocycles. The largest absolute Gasteiger partial charge is 0.466 e. The molecule has 0 radical (unpaired) electrons. The molecule has 1 amide bonds. The molecule has 0 aromatic carbocycles. The maximum Gasteiger partial charge on any atom is 0.408 e. The topological polar surface area (TPSA) is 93.1 Å². The van der Waals surface area contributed by atoms with Gasteiger partial charge in [-0.05, 0) is 38.5 Å². The Labute approximate surface area is 143 Å². The molecule has 0 aromatic heterocycles. The Hall–Kier alpha value is -1.79. The number of amides is 1. The zero-order valence-corrected chi connectivity index (χ0v) is 15.2. The lowest BCUT2D eigenvalue weighted by atomic mass is 9.90. The highest BCUT2D eigenvalue weighted by atomic mass is 16.5. The molecule has 1 rings (SSSR count). The Morgan fingerprint density at radius 2 is 1.88 bits per heavy atom. The summed E-state index contributed by atoms with van der Waals surface area (Å²) in [4.78, 5) is 36.6. The molecule has 0 aliphatic carbocycles. The minimum atomic E-state index is -1.16. The van der Waals surface area contributed by atoms with Crippen LogP contribution < -0.4 is 0 Å². The maximum absolute atomic E-state index is 12.4. The Morgan fingerprint density at radius 1 is 1.25 bits per heavy atom. The van der Waals surface area contributed by atoms with Crippen molar-refractivity contribution in [3.05, 3.63) is 0 Å². The minimum Gasteiger partial charge on any atom is -0.466 e. The molecule has 1 aliphatic rings. The fourth-order valence-corrected chi connectivity index (χ4v) is 2.63. The van der Waals surface area contributed by atoms with Crippen molar-refractivity contribution in [1.29, 1.82) is 0 Å². The van der Waals surface area contributed by atoms with Gasteiger partial charge in [-0.1, -0.05) is 20.8 Å². The smallest absolute Gasteiger partial charge is 0.408 e. The highest BCUT2D eigenvalue weighted by Gasteiger charge is 2.43. The van der Waals surface area contributed by atoms with Crippen LogP contribution in [0.25, 0.3) is 0 Å². The molecule has 0 bridgehead atoms. The molecule has 3 atom stereocenters. The zero-order valence-electron chi connectivity index (χ0n) is 15.2. The van der Waals surface area contributed by atoms with Crippen LogP contribution in [0.15, 0.2) is 0 Å². The van der Waals surface area contributed by atoms with Crippen LogP contribution in [0, 0.1) is 5.41 Å². The maximum atomic E-state index is 12.4. The summed E-state index contributed by atoms with van der Waals surface area (Å²) in [5.74, 6) is -0.867. The average Bonchev–Trinajstić information content (AvgIpc) is 2.88. The van der Waals surface area contributed by atoms with Crippen LogP contribution in [0.3, 0.4) is 0 Å². The van der Waals surface area contributed by atoms with Gasteiger partial charge in [0.05, 0.1) is 6.61 Å². The van der Waals surface area contributed by atoms with Gasteiger partial charge in [-0.3, -0.25) is 9.69 Å². The van der Waals surface area contributed by atoms with Crippen LogP contribution >= 0.6 is 0 Å². The summed E-state index contributed by atoms with van der Waals surface area (Å²) in [7, 11) is 0. The van der Waals surface area contributed by atoms with Gasteiger partial charge in [0.2, 0.25) is 0 Å². The second-order valence-electron chi connectivity index (χ2n) is 7.23. The number of hydrogen-bond acceptors (Lipinski definition) is 5. The van der Waals surface area contributed by atoms with Crippen molar-refractivity contribution in [2.75, 3.05) is 6.61 Å². The lowest BCUT2D eigenvalue weighted by Crippen LogP contribution is -2.46. The van der Waals surface area contributed by atoms with Gasteiger partial charge >= 0.3 is 18.0 Å². The van der Waals surface area contributed by atoms with Crippen LogP contribution in [0.2, 0.25) is 0 Å². The Balaban J connectivity index is 2.70. The van der Waals surface area contributed by atoms with E-state index in [-0.39, 0.29) is 30.0 Å². The van der Waals surface area contributed by atoms with Gasteiger partial charge in [0.25, 0.3) is 0 Å². The van der Waals surface area contributed by atoms with E-state index in [9.17, 15) is 19.5 Å². The molecule has 1 heterocycles. The number of carboxylic acid groups (broad SMARTS) is 1. The van der Waals surface area contributed by atoms with Gasteiger partial charge in [0.15, 0.2) is 0 Å². The number of hydrogen-bond donors (Lipinski definition) is 1. The molecule has 7 nitrogen and oxygen atoms in total. The number of carbonyl (C=O) groups excluding carboxylic acids is 2. The van der Waals surface area contributed by atoms with Crippen molar-refractivity contribution in [1.82, 2.24) is 4.90 Å². The van der Waals surface area contributed by atoms with Crippen LogP contribution in [-0.2, 0) is 19.1 Å². The molecule has 1 N–H and O–H groups in total. The lowest BCUT2D eigenvalue weighted by Gasteiger charge is -2.31. The van der Waals surface area contributed by atoms with E-state index in [1.807, 2.05) is 20.8 Å². The summed E-state index contributed by atoms with van der Waals surface area (Å²) in [5.41, 5.74) is -0.217. The number of nitrogens with zero attached hydrogens (tertiary/aromatic N) is 1. The van der Waals surface area contributed by atoms with Gasteiger partial charge < -0.3 is 14.6 Å². The summed E-state index contributed by atoms with van der Waals surface area (Å²) >= 11 is 0. The Bertz CT molecular complexity index is 470. The fraction of sp³-hybridized carbons (Fsp3) is 0.824. The average molecular weight is 343 g/mol. The molecular weight excluding hydrogens is 314 g/mol. The van der Waals surface area contributed by atoms with E-state index in [1.54, 1.807) is 13.8 Å². The van der Waals surface area contributed by atoms with Crippen molar-refractivity contribution >= 4 is 18.0 Å². The second-order valence-corrected chi connectivity index (χ2v) is 7.23. The Kier molecular flexibility index (Phi) is 7.05. The first-order valence-electron chi connectivity index (χ1n) is 8.45. The monoisotopic (exact) mass is 343 g/mol. The highest BCUT2D eigenvalue weighted by molar-refractivity contribution is 5.82. The third-order valence-corrected chi connectivity index (χ3v) is 4.49. The van der Waals surface area contributed by atoms with Gasteiger partial charge in [-0.15, -0.1) is 0 Å². The SMILES string of the molecule is CCOC(=O)CCC1CCC(C(=O)OC(C)C(C)(C)C)N1C(=O)O. The van der Waals surface area contributed by atoms with E-state index in [4.69, 9.17) is 9.47 Å². The normalized spacial score (nSPS) is 22.1. The first-order chi connectivity index (χ1) is 11.1. The van der Waals surface area contributed by atoms with Crippen LogP contribution in [0.4, 0.5) is 4.79 Å². The summed E-state index contributed by atoms with van der Waals surface area (Å²) in [6.45, 7) is 9.69. The van der Waals surface area contributed by atoms with Crippen LogP contribution in [-0.4, -0.2) is 52.8 Å². The first-order valence-corrected chi connectivity index (χ1v) is 8.45. The van der Waals surface area contributed by atoms with Gasteiger partial charge in [-0.25, -0.2) is 9.59 Å². The number of ether oxygens (including phenoxy) is 2. The standard InChI is InChI=1S/C17H29NO6/c1-6-23-14(19)10-8-12-7-9-13(18(12)16(21)22)15(20)24-11(2)17(3,4)5/h11-13H,6-10H2,1-5H3,(H,21,22). The van der Waals surface area contributed by atoms with Crippen molar-refractivity contribution in [2.24, 2.45) is 5.41 Å². The molecule has 1 fully saturated rings. The molecule has 0 spiro atoms. The zero-order chi connectivity index (χ0) is 18.5. The molecule has 7 heteroatoms. The summed E-state index contributed by atoms with van der Waals surface area (Å²) < 4.78 is 10.3. The molecule has 0 aromatic rings. The van der Waals surface area contributed by atoms with E-state index >= 15 is 0 Å². The predicted molar refractivity (Wildman–Crippen MR) is 87.5 cm³/mol. The minimum absolute atomic E-state index is 0.141. The van der Waals surface area contributed by atoms with Gasteiger partial charge in [0.1, 0.15) is 12.1 Å². The van der Waals surface area contributed by atoms with Crippen molar-refractivity contribution < 1.29 is 29.0 Å². The van der Waals surface area contributed by atoms with E-state index in [0.717, 1.165) is 4.90 Å². The lowest BCUT2D eigenvalue weighted by molar-refractivity contribution is -0.158. The van der Waals surface area contributed by atoms with Crippen molar-refractivity contribution in [2.45, 2.75) is 78.5 Å². The highest BCUT2D eigenvalue weighted by Crippen LogP contribution is 2.30. The second kappa shape index (κ2) is 8.35. The van der Waals surface area contributed by atoms with Crippen LogP contribution in [0.1, 0.15) is 60.3 Å².